The van der Waals surface area contributed by atoms with E-state index in [1.807, 2.05) is 30.3 Å². The Balaban J connectivity index is 1.70. The second kappa shape index (κ2) is 7.68. The highest BCUT2D eigenvalue weighted by Gasteiger charge is 2.16. The lowest BCUT2D eigenvalue weighted by Crippen LogP contribution is -2.46. The number of carboxylic acid groups (broad SMARTS) is 1. The first-order valence-electron chi connectivity index (χ1n) is 6.94. The zero-order valence-electron chi connectivity index (χ0n) is 11.6. The van der Waals surface area contributed by atoms with E-state index < -0.39 is 5.97 Å². The Kier molecular flexibility index (Phi) is 5.60. The summed E-state index contributed by atoms with van der Waals surface area (Å²) >= 11 is 0. The van der Waals surface area contributed by atoms with Crippen molar-refractivity contribution < 1.29 is 9.90 Å². The summed E-state index contributed by atoms with van der Waals surface area (Å²) in [5.74, 6) is 5.64. The Morgan fingerprint density at radius 1 is 1.10 bits per heavy atom. The summed E-state index contributed by atoms with van der Waals surface area (Å²) in [5.41, 5.74) is 1.05. The number of benzene rings is 1. The van der Waals surface area contributed by atoms with Gasteiger partial charge in [-0.25, -0.2) is 0 Å². The van der Waals surface area contributed by atoms with Crippen LogP contribution in [0, 0.1) is 11.8 Å². The van der Waals surface area contributed by atoms with Crippen molar-refractivity contribution in [2.75, 3.05) is 39.3 Å². The van der Waals surface area contributed by atoms with Crippen molar-refractivity contribution in [2.24, 2.45) is 0 Å². The Hall–Kier alpha value is -1.83. The van der Waals surface area contributed by atoms with Crippen LogP contribution in [0.1, 0.15) is 12.0 Å². The number of hydrogen-bond acceptors (Lipinski definition) is 3. The van der Waals surface area contributed by atoms with Crippen molar-refractivity contribution in [3.05, 3.63) is 35.9 Å². The molecule has 0 unspecified atom stereocenters. The van der Waals surface area contributed by atoms with Gasteiger partial charge in [0.05, 0.1) is 13.0 Å². The van der Waals surface area contributed by atoms with E-state index in [0.29, 0.717) is 6.54 Å². The van der Waals surface area contributed by atoms with Gasteiger partial charge in [-0.1, -0.05) is 30.0 Å². The molecule has 1 saturated heterocycles. The Morgan fingerprint density at radius 2 is 1.75 bits per heavy atom. The summed E-state index contributed by atoms with van der Waals surface area (Å²) in [4.78, 5) is 15.0. The van der Waals surface area contributed by atoms with Crippen LogP contribution in [0.3, 0.4) is 0 Å². The second-order valence-electron chi connectivity index (χ2n) is 4.93. The van der Waals surface area contributed by atoms with Gasteiger partial charge in [-0.05, 0) is 12.1 Å². The molecule has 20 heavy (non-hydrogen) atoms. The Bertz CT molecular complexity index is 482. The van der Waals surface area contributed by atoms with Crippen LogP contribution in [0.2, 0.25) is 0 Å². The summed E-state index contributed by atoms with van der Waals surface area (Å²) in [6.45, 7) is 5.22. The fourth-order valence-electron chi connectivity index (χ4n) is 2.20. The normalized spacial score (nSPS) is 16.4. The first-order chi connectivity index (χ1) is 9.74. The first kappa shape index (κ1) is 14.6. The van der Waals surface area contributed by atoms with Crippen LogP contribution in [-0.4, -0.2) is 60.1 Å². The average molecular weight is 272 g/mol. The highest BCUT2D eigenvalue weighted by atomic mass is 16.4. The molecule has 1 aliphatic rings. The van der Waals surface area contributed by atoms with Gasteiger partial charge in [-0.3, -0.25) is 9.69 Å². The number of aliphatic carboxylic acids is 1. The molecule has 1 heterocycles. The molecule has 0 atom stereocenters. The third kappa shape index (κ3) is 5.04. The minimum Gasteiger partial charge on any atom is -0.481 e. The Morgan fingerprint density at radius 3 is 2.40 bits per heavy atom. The molecule has 0 amide bonds. The van der Waals surface area contributed by atoms with Gasteiger partial charge in [0.2, 0.25) is 0 Å². The summed E-state index contributed by atoms with van der Waals surface area (Å²) in [6, 6.07) is 9.99. The van der Waals surface area contributed by atoms with Crippen LogP contribution >= 0.6 is 0 Å². The zero-order chi connectivity index (χ0) is 14.2. The van der Waals surface area contributed by atoms with Gasteiger partial charge < -0.3 is 10.0 Å². The van der Waals surface area contributed by atoms with Crippen molar-refractivity contribution in [2.45, 2.75) is 6.42 Å². The second-order valence-corrected chi connectivity index (χ2v) is 4.93. The zero-order valence-corrected chi connectivity index (χ0v) is 11.6. The molecule has 1 aromatic carbocycles. The van der Waals surface area contributed by atoms with E-state index in [9.17, 15) is 4.79 Å². The minimum absolute atomic E-state index is 0.230. The summed E-state index contributed by atoms with van der Waals surface area (Å²) in [7, 11) is 0. The van der Waals surface area contributed by atoms with Crippen molar-refractivity contribution in [3.8, 4) is 11.8 Å². The lowest BCUT2D eigenvalue weighted by molar-refractivity contribution is -0.137. The fourth-order valence-corrected chi connectivity index (χ4v) is 2.20. The summed E-state index contributed by atoms with van der Waals surface area (Å²) < 4.78 is 0. The van der Waals surface area contributed by atoms with E-state index in [1.54, 1.807) is 0 Å². The largest absolute Gasteiger partial charge is 0.481 e. The van der Waals surface area contributed by atoms with Gasteiger partial charge in [-0.15, -0.1) is 0 Å². The molecule has 0 radical (unpaired) electrons. The van der Waals surface area contributed by atoms with Crippen LogP contribution in [0.5, 0.6) is 0 Å². The third-order valence-corrected chi connectivity index (χ3v) is 3.42. The molecular formula is C16H20N2O2. The number of carboxylic acids is 1. The van der Waals surface area contributed by atoms with Crippen LogP contribution in [0.4, 0.5) is 0 Å². The molecule has 0 spiro atoms. The predicted molar refractivity (Wildman–Crippen MR) is 78.5 cm³/mol. The SMILES string of the molecule is O=C(O)CCN1CCN(CC#Cc2ccccc2)CC1. The quantitative estimate of drug-likeness (QED) is 0.835. The minimum atomic E-state index is -0.721. The molecule has 106 valence electrons. The molecule has 0 bridgehead atoms. The lowest BCUT2D eigenvalue weighted by Gasteiger charge is -2.33. The topological polar surface area (TPSA) is 43.8 Å². The van der Waals surface area contributed by atoms with Gasteiger partial charge in [-0.2, -0.15) is 0 Å². The summed E-state index contributed by atoms with van der Waals surface area (Å²) in [5, 5.41) is 8.67. The van der Waals surface area contributed by atoms with Gasteiger partial charge in [0.25, 0.3) is 0 Å². The van der Waals surface area contributed by atoms with E-state index >= 15 is 0 Å². The highest BCUT2D eigenvalue weighted by molar-refractivity contribution is 5.66. The van der Waals surface area contributed by atoms with Gasteiger partial charge in [0.1, 0.15) is 0 Å². The molecular weight excluding hydrogens is 252 g/mol. The van der Waals surface area contributed by atoms with E-state index in [1.165, 1.54) is 0 Å². The molecule has 0 aromatic heterocycles. The standard InChI is InChI=1S/C16H20N2O2/c19-16(20)8-10-18-13-11-17(12-14-18)9-4-7-15-5-2-1-3-6-15/h1-3,5-6H,8-14H2,(H,19,20). The number of rotatable bonds is 4. The molecule has 1 N–H and O–H groups in total. The van der Waals surface area contributed by atoms with E-state index in [-0.39, 0.29) is 6.42 Å². The number of piperazine rings is 1. The van der Waals surface area contributed by atoms with E-state index in [0.717, 1.165) is 38.3 Å². The van der Waals surface area contributed by atoms with Crippen molar-refractivity contribution in [1.82, 2.24) is 9.80 Å². The molecule has 4 nitrogen and oxygen atoms in total. The van der Waals surface area contributed by atoms with E-state index in [4.69, 9.17) is 5.11 Å². The molecule has 1 fully saturated rings. The van der Waals surface area contributed by atoms with Crippen molar-refractivity contribution in [3.63, 3.8) is 0 Å². The molecule has 0 saturated carbocycles. The average Bonchev–Trinajstić information content (AvgIpc) is 2.47. The fraction of sp³-hybridized carbons (Fsp3) is 0.438. The molecule has 1 aliphatic heterocycles. The van der Waals surface area contributed by atoms with Crippen molar-refractivity contribution in [1.29, 1.82) is 0 Å². The number of hydrogen-bond donors (Lipinski definition) is 1. The maximum absolute atomic E-state index is 10.5. The maximum atomic E-state index is 10.5. The number of carbonyl (C=O) groups is 1. The van der Waals surface area contributed by atoms with Gasteiger partial charge >= 0.3 is 5.97 Å². The predicted octanol–water partition coefficient (Wildman–Crippen LogP) is 1.13. The van der Waals surface area contributed by atoms with Crippen LogP contribution in [0.15, 0.2) is 30.3 Å². The van der Waals surface area contributed by atoms with Gasteiger partial charge in [0, 0.05) is 38.3 Å². The van der Waals surface area contributed by atoms with Crippen LogP contribution in [0.25, 0.3) is 0 Å². The van der Waals surface area contributed by atoms with E-state index in [2.05, 4.69) is 21.6 Å². The maximum Gasteiger partial charge on any atom is 0.304 e. The highest BCUT2D eigenvalue weighted by Crippen LogP contribution is 2.02. The lowest BCUT2D eigenvalue weighted by atomic mass is 10.2. The Labute approximate surface area is 120 Å². The number of nitrogens with zero attached hydrogens (tertiary/aromatic N) is 2. The molecule has 2 rings (SSSR count). The molecule has 4 heteroatoms. The molecule has 1 aromatic rings. The monoisotopic (exact) mass is 272 g/mol. The van der Waals surface area contributed by atoms with Crippen LogP contribution < -0.4 is 0 Å². The smallest absolute Gasteiger partial charge is 0.304 e. The van der Waals surface area contributed by atoms with Crippen LogP contribution in [-0.2, 0) is 4.79 Å². The van der Waals surface area contributed by atoms with Gasteiger partial charge in [0.15, 0.2) is 0 Å². The summed E-state index contributed by atoms with van der Waals surface area (Å²) in [6.07, 6.45) is 0.230. The molecule has 0 aliphatic carbocycles. The van der Waals surface area contributed by atoms with Crippen molar-refractivity contribution >= 4 is 5.97 Å². The third-order valence-electron chi connectivity index (χ3n) is 3.42. The first-order valence-corrected chi connectivity index (χ1v) is 6.94.